The Hall–Kier alpha value is -2.56. The molecule has 0 unspecified atom stereocenters. The Morgan fingerprint density at radius 1 is 0.588 bits per heavy atom. The molecule has 0 heterocycles. The van der Waals surface area contributed by atoms with Crippen molar-refractivity contribution in [2.24, 2.45) is 0 Å². The quantitative estimate of drug-likeness (QED) is 0.383. The molecule has 88 valence electrons. The van der Waals surface area contributed by atoms with Crippen molar-refractivity contribution >= 4 is 0 Å². The predicted molar refractivity (Wildman–Crippen MR) is 60.2 cm³/mol. The van der Waals surface area contributed by atoms with Crippen molar-refractivity contribution in [3.05, 3.63) is 30.3 Å². The first-order valence-corrected chi connectivity index (χ1v) is 4.77. The van der Waals surface area contributed by atoms with Crippen molar-refractivity contribution in [3.63, 3.8) is 0 Å². The molecule has 0 fully saturated rings. The molecule has 2 aromatic carbocycles. The SMILES string of the molecule is Oc1ccc(-c2c(O)ccc(O)c2O)cc1O. The molecule has 5 N–H and O–H groups in total. The van der Waals surface area contributed by atoms with Gasteiger partial charge in [0.1, 0.15) is 5.75 Å². The Kier molecular flexibility index (Phi) is 2.44. The molecule has 0 atom stereocenters. The van der Waals surface area contributed by atoms with E-state index in [0.29, 0.717) is 0 Å². The van der Waals surface area contributed by atoms with Crippen LogP contribution in [0.25, 0.3) is 11.1 Å². The fourth-order valence-corrected chi connectivity index (χ4v) is 1.53. The van der Waals surface area contributed by atoms with E-state index in [4.69, 9.17) is 5.11 Å². The second kappa shape index (κ2) is 3.79. The van der Waals surface area contributed by atoms with E-state index in [-0.39, 0.29) is 34.1 Å². The lowest BCUT2D eigenvalue weighted by Gasteiger charge is -2.09. The summed E-state index contributed by atoms with van der Waals surface area (Å²) in [6.45, 7) is 0. The van der Waals surface area contributed by atoms with E-state index in [2.05, 4.69) is 0 Å². The number of hydrogen-bond acceptors (Lipinski definition) is 5. The third kappa shape index (κ3) is 1.78. The van der Waals surface area contributed by atoms with Gasteiger partial charge in [-0.25, -0.2) is 0 Å². The molecular formula is C12H10O5. The Morgan fingerprint density at radius 2 is 1.18 bits per heavy atom. The van der Waals surface area contributed by atoms with Crippen molar-refractivity contribution in [1.29, 1.82) is 0 Å². The molecule has 0 saturated heterocycles. The standard InChI is InChI=1S/C12H10O5/c13-7-2-1-6(5-10(7)16)11-8(14)3-4-9(15)12(11)17/h1-5,13-17H. The van der Waals surface area contributed by atoms with Gasteiger partial charge in [-0.2, -0.15) is 0 Å². The second-order valence-corrected chi connectivity index (χ2v) is 3.53. The maximum atomic E-state index is 9.64. The van der Waals surface area contributed by atoms with Gasteiger partial charge < -0.3 is 25.5 Å². The molecule has 2 rings (SSSR count). The van der Waals surface area contributed by atoms with Gasteiger partial charge in [-0.15, -0.1) is 0 Å². The smallest absolute Gasteiger partial charge is 0.169 e. The first-order chi connectivity index (χ1) is 8.00. The van der Waals surface area contributed by atoms with E-state index in [9.17, 15) is 20.4 Å². The van der Waals surface area contributed by atoms with E-state index >= 15 is 0 Å². The van der Waals surface area contributed by atoms with Crippen molar-refractivity contribution in [2.45, 2.75) is 0 Å². The summed E-state index contributed by atoms with van der Waals surface area (Å²) in [6, 6.07) is 6.14. The average molecular weight is 234 g/mol. The van der Waals surface area contributed by atoms with Crippen LogP contribution in [0.5, 0.6) is 28.7 Å². The lowest BCUT2D eigenvalue weighted by atomic mass is 10.0. The average Bonchev–Trinajstić information content (AvgIpc) is 2.29. The van der Waals surface area contributed by atoms with E-state index in [1.165, 1.54) is 24.3 Å². The molecule has 0 radical (unpaired) electrons. The minimum atomic E-state index is -0.491. The molecule has 0 bridgehead atoms. The van der Waals surface area contributed by atoms with Crippen LogP contribution in [0, 0.1) is 0 Å². The van der Waals surface area contributed by atoms with Crippen LogP contribution in [-0.2, 0) is 0 Å². The number of phenolic OH excluding ortho intramolecular Hbond substituents is 5. The lowest BCUT2D eigenvalue weighted by Crippen LogP contribution is -1.82. The summed E-state index contributed by atoms with van der Waals surface area (Å²) in [7, 11) is 0. The highest BCUT2D eigenvalue weighted by molar-refractivity contribution is 5.80. The Morgan fingerprint density at radius 3 is 1.82 bits per heavy atom. The highest BCUT2D eigenvalue weighted by Gasteiger charge is 2.15. The summed E-state index contributed by atoms with van der Waals surface area (Å²) in [4.78, 5) is 0. The van der Waals surface area contributed by atoms with E-state index < -0.39 is 5.75 Å². The molecule has 2 aromatic rings. The van der Waals surface area contributed by atoms with Crippen LogP contribution in [-0.4, -0.2) is 25.5 Å². The summed E-state index contributed by atoms with van der Waals surface area (Å²) in [5, 5.41) is 47.1. The molecule has 0 amide bonds. The summed E-state index contributed by atoms with van der Waals surface area (Å²) in [5.41, 5.74) is 0.256. The molecule has 0 aliphatic rings. The highest BCUT2D eigenvalue weighted by atomic mass is 16.3. The van der Waals surface area contributed by atoms with Crippen LogP contribution in [0.15, 0.2) is 30.3 Å². The summed E-state index contributed by atoms with van der Waals surface area (Å²) < 4.78 is 0. The van der Waals surface area contributed by atoms with Crippen molar-refractivity contribution in [3.8, 4) is 39.9 Å². The molecule has 0 spiro atoms. The van der Waals surface area contributed by atoms with Gasteiger partial charge in [0, 0.05) is 0 Å². The summed E-state index contributed by atoms with van der Waals surface area (Å²) in [5.74, 6) is -1.82. The maximum absolute atomic E-state index is 9.64. The van der Waals surface area contributed by atoms with Crippen molar-refractivity contribution in [1.82, 2.24) is 0 Å². The van der Waals surface area contributed by atoms with Gasteiger partial charge in [-0.1, -0.05) is 6.07 Å². The van der Waals surface area contributed by atoms with Gasteiger partial charge >= 0.3 is 0 Å². The first-order valence-electron chi connectivity index (χ1n) is 4.77. The van der Waals surface area contributed by atoms with Gasteiger partial charge in [0.25, 0.3) is 0 Å². The van der Waals surface area contributed by atoms with Crippen LogP contribution in [0.2, 0.25) is 0 Å². The zero-order chi connectivity index (χ0) is 12.6. The number of aromatic hydroxyl groups is 5. The predicted octanol–water partition coefficient (Wildman–Crippen LogP) is 1.88. The minimum Gasteiger partial charge on any atom is -0.507 e. The fraction of sp³-hybridized carbons (Fsp3) is 0. The Balaban J connectivity index is 2.68. The van der Waals surface area contributed by atoms with E-state index in [1.807, 2.05) is 0 Å². The van der Waals surface area contributed by atoms with Crippen molar-refractivity contribution < 1.29 is 25.5 Å². The van der Waals surface area contributed by atoms with E-state index in [1.54, 1.807) is 0 Å². The van der Waals surface area contributed by atoms with Crippen LogP contribution >= 0.6 is 0 Å². The van der Waals surface area contributed by atoms with E-state index in [0.717, 1.165) is 6.07 Å². The molecule has 0 aliphatic carbocycles. The highest BCUT2D eigenvalue weighted by Crippen LogP contribution is 2.44. The topological polar surface area (TPSA) is 101 Å². The maximum Gasteiger partial charge on any atom is 0.169 e. The van der Waals surface area contributed by atoms with Gasteiger partial charge in [0.05, 0.1) is 5.56 Å². The van der Waals surface area contributed by atoms with Crippen molar-refractivity contribution in [2.75, 3.05) is 0 Å². The largest absolute Gasteiger partial charge is 0.507 e. The zero-order valence-corrected chi connectivity index (χ0v) is 8.62. The summed E-state index contributed by atoms with van der Waals surface area (Å²) in [6.07, 6.45) is 0. The molecular weight excluding hydrogens is 224 g/mol. The van der Waals surface area contributed by atoms with Crippen LogP contribution in [0.3, 0.4) is 0 Å². The van der Waals surface area contributed by atoms with Gasteiger partial charge in [0.15, 0.2) is 23.0 Å². The third-order valence-corrected chi connectivity index (χ3v) is 2.40. The third-order valence-electron chi connectivity index (χ3n) is 2.40. The Labute approximate surface area is 96.5 Å². The van der Waals surface area contributed by atoms with Crippen LogP contribution in [0.1, 0.15) is 0 Å². The minimum absolute atomic E-state index is 0.0136. The van der Waals surface area contributed by atoms with Gasteiger partial charge in [-0.3, -0.25) is 0 Å². The van der Waals surface area contributed by atoms with Gasteiger partial charge in [0.2, 0.25) is 0 Å². The normalized spacial score (nSPS) is 10.4. The van der Waals surface area contributed by atoms with Gasteiger partial charge in [-0.05, 0) is 29.8 Å². The molecule has 0 aliphatic heterocycles. The molecule has 5 nitrogen and oxygen atoms in total. The zero-order valence-electron chi connectivity index (χ0n) is 8.62. The summed E-state index contributed by atoms with van der Waals surface area (Å²) >= 11 is 0. The molecule has 17 heavy (non-hydrogen) atoms. The molecule has 5 heteroatoms. The number of hydrogen-bond donors (Lipinski definition) is 5. The first kappa shape index (κ1) is 10.9. The number of benzene rings is 2. The monoisotopic (exact) mass is 234 g/mol. The second-order valence-electron chi connectivity index (χ2n) is 3.53. The Bertz CT molecular complexity index is 577. The number of phenols is 5. The number of rotatable bonds is 1. The fourth-order valence-electron chi connectivity index (χ4n) is 1.53. The van der Waals surface area contributed by atoms with Crippen LogP contribution in [0.4, 0.5) is 0 Å². The molecule has 0 saturated carbocycles. The lowest BCUT2D eigenvalue weighted by molar-refractivity contribution is 0.397. The molecule has 0 aromatic heterocycles. The van der Waals surface area contributed by atoms with Crippen LogP contribution < -0.4 is 0 Å².